The first kappa shape index (κ1) is 38.6. The average molecular weight is 911 g/mol. The van der Waals surface area contributed by atoms with Gasteiger partial charge >= 0.3 is 0 Å². The first-order valence-corrected chi connectivity index (χ1v) is 25.3. The van der Waals surface area contributed by atoms with Crippen LogP contribution in [0.25, 0.3) is 82.4 Å². The van der Waals surface area contributed by atoms with Crippen molar-refractivity contribution in [2.45, 2.75) is 10.8 Å². The molecule has 2 heterocycles. The normalized spacial score (nSPS) is 15.7. The fraction of sp³-hybridized carbons (Fsp3) is 0.0286. The van der Waals surface area contributed by atoms with Crippen LogP contribution >= 0.6 is 0 Å². The summed E-state index contributed by atoms with van der Waals surface area (Å²) >= 11 is 0. The zero-order valence-corrected chi connectivity index (χ0v) is 39.1. The van der Waals surface area contributed by atoms with Gasteiger partial charge in [-0.3, -0.25) is 0 Å². The van der Waals surface area contributed by atoms with Gasteiger partial charge in [-0.25, -0.2) is 0 Å². The molecule has 72 heavy (non-hydrogen) atoms. The van der Waals surface area contributed by atoms with E-state index in [0.29, 0.717) is 0 Å². The molecule has 1 atom stereocenters. The van der Waals surface area contributed by atoms with Gasteiger partial charge in [0, 0.05) is 27.3 Å². The maximum Gasteiger partial charge on any atom is 0.0755 e. The Balaban J connectivity index is 1.03. The second-order valence-electron chi connectivity index (χ2n) is 20.2. The molecule has 0 radical (unpaired) electrons. The Morgan fingerprint density at radius 2 is 0.708 bits per heavy atom. The summed E-state index contributed by atoms with van der Waals surface area (Å²) in [6.45, 7) is 0. The first-order valence-electron chi connectivity index (χ1n) is 25.3. The van der Waals surface area contributed by atoms with Gasteiger partial charge in [0.05, 0.1) is 44.6 Å². The molecule has 1 unspecified atom stereocenters. The van der Waals surface area contributed by atoms with Crippen LogP contribution in [-0.4, -0.2) is 4.57 Å². The number of aromatic nitrogens is 1. The minimum absolute atomic E-state index is 0.496. The van der Waals surface area contributed by atoms with Crippen LogP contribution in [0.2, 0.25) is 0 Å². The van der Waals surface area contributed by atoms with E-state index >= 15 is 0 Å². The lowest BCUT2D eigenvalue weighted by atomic mass is 9.65. The smallest absolute Gasteiger partial charge is 0.0755 e. The number of anilines is 3. The largest absolute Gasteiger partial charge is 0.309 e. The Bertz CT molecular complexity index is 4500. The van der Waals surface area contributed by atoms with Gasteiger partial charge in [0.15, 0.2) is 0 Å². The van der Waals surface area contributed by atoms with Gasteiger partial charge in [-0.05, 0) is 113 Å². The maximum atomic E-state index is 2.66. The number of hydrogen-bond acceptors (Lipinski definition) is 1. The summed E-state index contributed by atoms with van der Waals surface area (Å²) in [5.74, 6) is 0. The number of benzene rings is 12. The lowest BCUT2D eigenvalue weighted by Gasteiger charge is -2.39. The summed E-state index contributed by atoms with van der Waals surface area (Å²) in [6, 6.07) is 96.8. The van der Waals surface area contributed by atoms with Crippen molar-refractivity contribution in [3.05, 3.63) is 299 Å². The summed E-state index contributed by atoms with van der Waals surface area (Å²) in [7, 11) is 0. The maximum absolute atomic E-state index is 2.66. The minimum atomic E-state index is -0.605. The molecular weight excluding hydrogens is 869 g/mol. The molecular formula is C70H42N2. The van der Waals surface area contributed by atoms with Crippen LogP contribution < -0.4 is 4.90 Å². The summed E-state index contributed by atoms with van der Waals surface area (Å²) in [4.78, 5) is 2.66. The van der Waals surface area contributed by atoms with Gasteiger partial charge in [0.25, 0.3) is 0 Å². The molecule has 3 aliphatic carbocycles. The van der Waals surface area contributed by atoms with E-state index in [4.69, 9.17) is 0 Å². The molecule has 0 amide bonds. The van der Waals surface area contributed by atoms with E-state index in [-0.39, 0.29) is 0 Å². The second kappa shape index (κ2) is 13.8. The van der Waals surface area contributed by atoms with E-state index in [9.17, 15) is 0 Å². The fourth-order valence-electron chi connectivity index (χ4n) is 14.7. The van der Waals surface area contributed by atoms with E-state index in [1.54, 1.807) is 0 Å². The Morgan fingerprint density at radius 3 is 1.36 bits per heavy atom. The van der Waals surface area contributed by atoms with Gasteiger partial charge in [0.1, 0.15) is 0 Å². The summed E-state index contributed by atoms with van der Waals surface area (Å²) in [5, 5.41) is 7.48. The number of rotatable bonds is 3. The van der Waals surface area contributed by atoms with Gasteiger partial charge in [-0.2, -0.15) is 0 Å². The molecule has 0 fully saturated rings. The van der Waals surface area contributed by atoms with Crippen molar-refractivity contribution < 1.29 is 0 Å². The molecule has 1 aliphatic heterocycles. The molecule has 0 saturated heterocycles. The van der Waals surface area contributed by atoms with Crippen molar-refractivity contribution in [3.8, 4) is 39.1 Å². The molecule has 0 bridgehead atoms. The molecule has 12 aromatic carbocycles. The van der Waals surface area contributed by atoms with Gasteiger partial charge < -0.3 is 9.47 Å². The Hall–Kier alpha value is -9.24. The Kier molecular flexibility index (Phi) is 7.37. The highest BCUT2D eigenvalue weighted by Crippen LogP contribution is 2.67. The van der Waals surface area contributed by atoms with Crippen LogP contribution in [0, 0.1) is 0 Å². The van der Waals surface area contributed by atoms with Crippen molar-refractivity contribution in [2.24, 2.45) is 0 Å². The molecule has 2 heteroatoms. The Labute approximate surface area is 417 Å². The molecule has 4 aliphatic rings. The van der Waals surface area contributed by atoms with E-state index in [1.165, 1.54) is 127 Å². The van der Waals surface area contributed by atoms with Crippen LogP contribution in [0.1, 0.15) is 44.5 Å². The van der Waals surface area contributed by atoms with E-state index in [2.05, 4.69) is 264 Å². The van der Waals surface area contributed by atoms with Crippen molar-refractivity contribution >= 4 is 60.4 Å². The van der Waals surface area contributed by atoms with E-state index < -0.39 is 10.8 Å². The minimum Gasteiger partial charge on any atom is -0.309 e. The second-order valence-corrected chi connectivity index (χ2v) is 20.2. The lowest BCUT2D eigenvalue weighted by molar-refractivity contribution is 0.748. The van der Waals surface area contributed by atoms with E-state index in [0.717, 1.165) is 17.1 Å². The zero-order valence-electron chi connectivity index (χ0n) is 39.1. The van der Waals surface area contributed by atoms with Crippen LogP contribution in [0.15, 0.2) is 255 Å². The Morgan fingerprint density at radius 1 is 0.278 bits per heavy atom. The third kappa shape index (κ3) is 4.45. The van der Waals surface area contributed by atoms with Gasteiger partial charge in [-0.15, -0.1) is 0 Å². The lowest BCUT2D eigenvalue weighted by Crippen LogP contribution is -2.33. The fourth-order valence-corrected chi connectivity index (χ4v) is 14.7. The molecule has 0 saturated carbocycles. The first-order chi connectivity index (χ1) is 35.8. The van der Waals surface area contributed by atoms with Crippen LogP contribution in [0.3, 0.4) is 0 Å². The van der Waals surface area contributed by atoms with Crippen molar-refractivity contribution in [1.82, 2.24) is 4.57 Å². The quantitative estimate of drug-likeness (QED) is 0.160. The standard InChI is InChI=1S/C70H42N2/c1-2-21-44-43(20-1)42-65(48-25-4-3-22-45(44)48)71(63-40-18-35-58-66(63)51-27-7-12-32-55(51)69(58)53-30-10-5-23-46(53)47-24-6-11-31-54(47)69)64-41-19-36-59-67(64)52-28-8-13-33-56(52)70(59)57-34-14-16-39-62(57)72-61-38-15-9-26-49(61)50-29-17-37-60(70)68(50)72/h1-42H. The number of para-hydroxylation sites is 3. The SMILES string of the molecule is c1ccc2c(c1)-c1ccccc1C21c2ccccc2-c2c(N(c3cccc4c3-c3ccccc3C43c4ccccc4-n4c5ccccc5c5cccc3c54)c3cc4ccccc4c4ccccc34)cccc21. The van der Waals surface area contributed by atoms with Crippen molar-refractivity contribution in [3.63, 3.8) is 0 Å². The molecule has 332 valence electrons. The van der Waals surface area contributed by atoms with Crippen LogP contribution in [0.5, 0.6) is 0 Å². The highest BCUT2D eigenvalue weighted by molar-refractivity contribution is 6.17. The summed E-state index contributed by atoms with van der Waals surface area (Å²) < 4.78 is 2.54. The predicted octanol–water partition coefficient (Wildman–Crippen LogP) is 17.6. The average Bonchev–Trinajstić information content (AvgIpc) is 4.15. The summed E-state index contributed by atoms with van der Waals surface area (Å²) in [5.41, 5.74) is 24.4. The third-order valence-electron chi connectivity index (χ3n) is 17.2. The molecule has 1 aromatic heterocycles. The van der Waals surface area contributed by atoms with Gasteiger partial charge in [-0.1, -0.05) is 224 Å². The monoisotopic (exact) mass is 910 g/mol. The van der Waals surface area contributed by atoms with Crippen molar-refractivity contribution in [1.29, 1.82) is 0 Å². The number of nitrogens with zero attached hydrogens (tertiary/aromatic N) is 2. The zero-order chi connectivity index (χ0) is 46.9. The molecule has 13 aromatic rings. The highest BCUT2D eigenvalue weighted by Gasteiger charge is 2.54. The number of hydrogen-bond donors (Lipinski definition) is 0. The topological polar surface area (TPSA) is 8.17 Å². The van der Waals surface area contributed by atoms with Crippen LogP contribution in [0.4, 0.5) is 17.1 Å². The number of fused-ring (bicyclic) bond motifs is 25. The third-order valence-corrected chi connectivity index (χ3v) is 17.2. The molecule has 0 N–H and O–H groups in total. The van der Waals surface area contributed by atoms with E-state index in [1.807, 2.05) is 0 Å². The molecule has 2 nitrogen and oxygen atoms in total. The highest BCUT2D eigenvalue weighted by atomic mass is 15.2. The molecule has 2 spiro atoms. The predicted molar refractivity (Wildman–Crippen MR) is 298 cm³/mol. The van der Waals surface area contributed by atoms with Crippen LogP contribution in [-0.2, 0) is 10.8 Å². The van der Waals surface area contributed by atoms with Gasteiger partial charge in [0.2, 0.25) is 0 Å². The molecule has 17 rings (SSSR count). The summed E-state index contributed by atoms with van der Waals surface area (Å²) in [6.07, 6.45) is 0. The van der Waals surface area contributed by atoms with Crippen molar-refractivity contribution in [2.75, 3.05) is 4.90 Å².